The van der Waals surface area contributed by atoms with Gasteiger partial charge in [0.2, 0.25) is 0 Å². The number of aromatic amines is 1. The predicted octanol–water partition coefficient (Wildman–Crippen LogP) is -2.42. The zero-order valence-electron chi connectivity index (χ0n) is 12.4. The number of ether oxygens (including phenoxy) is 1. The van der Waals surface area contributed by atoms with Crippen molar-refractivity contribution in [2.45, 2.75) is 24.5 Å². The van der Waals surface area contributed by atoms with Crippen molar-refractivity contribution >= 4 is 48.9 Å². The molecule has 0 bridgehead atoms. The molecular weight excluding hydrogens is 296 g/mol. The number of hydrogen-bond acceptors (Lipinski definition) is 7. The van der Waals surface area contributed by atoms with Crippen LogP contribution in [0.25, 0.3) is 11.2 Å². The Balaban J connectivity index is 0.00000147. The van der Waals surface area contributed by atoms with Crippen molar-refractivity contribution in [3.8, 4) is 0 Å². The van der Waals surface area contributed by atoms with E-state index < -0.39 is 36.7 Å². The molecule has 9 nitrogen and oxygen atoms in total. The maximum Gasteiger partial charge on any atom is 2.00 e. The Kier molecular flexibility index (Phi) is 4.80. The number of aliphatic hydroxyl groups excluding tert-OH is 3. The van der Waals surface area contributed by atoms with Gasteiger partial charge in [0.1, 0.15) is 18.3 Å². The number of nitrogens with one attached hydrogen (secondary N) is 1. The van der Waals surface area contributed by atoms with E-state index in [2.05, 4.69) is 15.0 Å². The molecule has 1 saturated heterocycles. The molecule has 1 aliphatic heterocycles. The third-order valence-electron chi connectivity index (χ3n) is 3.16. The SMILES string of the molecule is O=c1[nH]cnc2c1ncn2[C@@H]1O[C@H](CO)[C@@H](O)[C@H]1O.[Ca+2].[H-].[H-]. The van der Waals surface area contributed by atoms with Crippen LogP contribution in [0.4, 0.5) is 0 Å². The zero-order chi connectivity index (χ0) is 13.6. The van der Waals surface area contributed by atoms with Gasteiger partial charge in [-0.15, -0.1) is 0 Å². The standard InChI is InChI=1S/C10H12N4O5.Ca.2H/c15-1-4-6(16)7(17)10(19-4)14-3-13-5-8(14)11-2-12-9(5)18;;;/h2-4,6-7,10,15-17H,1H2,(H,11,12,18);;;/q;+2;2*-1/t4-,6-,7-,10-;;;/m1.../s1. The number of rotatable bonds is 2. The van der Waals surface area contributed by atoms with Crippen molar-refractivity contribution in [3.63, 3.8) is 0 Å². The Morgan fingerprint density at radius 1 is 1.40 bits per heavy atom. The van der Waals surface area contributed by atoms with E-state index in [9.17, 15) is 15.0 Å². The molecule has 4 atom stereocenters. The van der Waals surface area contributed by atoms with Gasteiger partial charge in [-0.05, 0) is 0 Å². The summed E-state index contributed by atoms with van der Waals surface area (Å²) < 4.78 is 6.70. The summed E-state index contributed by atoms with van der Waals surface area (Å²) in [6.45, 7) is -0.421. The number of aliphatic hydroxyl groups is 3. The minimum Gasteiger partial charge on any atom is -1.00 e. The van der Waals surface area contributed by atoms with Crippen LogP contribution < -0.4 is 5.56 Å². The fourth-order valence-electron chi connectivity index (χ4n) is 2.16. The Morgan fingerprint density at radius 3 is 2.80 bits per heavy atom. The number of aromatic nitrogens is 4. The molecule has 2 aromatic rings. The first-order valence-corrected chi connectivity index (χ1v) is 5.66. The summed E-state index contributed by atoms with van der Waals surface area (Å²) in [7, 11) is 0. The molecule has 20 heavy (non-hydrogen) atoms. The van der Waals surface area contributed by atoms with Crippen molar-refractivity contribution in [1.29, 1.82) is 0 Å². The second-order valence-corrected chi connectivity index (χ2v) is 4.28. The van der Waals surface area contributed by atoms with Crippen LogP contribution >= 0.6 is 0 Å². The van der Waals surface area contributed by atoms with Crippen molar-refractivity contribution in [1.82, 2.24) is 19.5 Å². The van der Waals surface area contributed by atoms with Crippen molar-refractivity contribution in [2.24, 2.45) is 0 Å². The van der Waals surface area contributed by atoms with E-state index in [1.54, 1.807) is 0 Å². The molecular formula is C10H14CaN4O5. The summed E-state index contributed by atoms with van der Waals surface area (Å²) in [5, 5.41) is 28.6. The Bertz CT molecular complexity index is 668. The molecule has 4 N–H and O–H groups in total. The van der Waals surface area contributed by atoms with E-state index in [4.69, 9.17) is 9.84 Å². The Morgan fingerprint density at radius 2 is 2.15 bits per heavy atom. The van der Waals surface area contributed by atoms with Crippen LogP contribution in [0.1, 0.15) is 9.08 Å². The smallest absolute Gasteiger partial charge is 1.00 e. The van der Waals surface area contributed by atoms with E-state index in [1.165, 1.54) is 17.2 Å². The molecule has 0 aromatic carbocycles. The van der Waals surface area contributed by atoms with Gasteiger partial charge in [0.05, 0.1) is 19.3 Å². The summed E-state index contributed by atoms with van der Waals surface area (Å²) in [5.74, 6) is 0. The Hall–Kier alpha value is -0.550. The molecule has 0 radical (unpaired) electrons. The number of fused-ring (bicyclic) bond motifs is 1. The summed E-state index contributed by atoms with van der Waals surface area (Å²) in [6.07, 6.45) is -1.78. The van der Waals surface area contributed by atoms with Gasteiger partial charge >= 0.3 is 37.7 Å². The number of H-pyrrole nitrogens is 1. The van der Waals surface area contributed by atoms with E-state index in [0.29, 0.717) is 0 Å². The molecule has 0 amide bonds. The van der Waals surface area contributed by atoms with Crippen LogP contribution in [0.15, 0.2) is 17.4 Å². The van der Waals surface area contributed by atoms with E-state index >= 15 is 0 Å². The van der Waals surface area contributed by atoms with Gasteiger partial charge in [-0.2, -0.15) is 0 Å². The molecule has 3 heterocycles. The minimum absolute atomic E-state index is 0. The van der Waals surface area contributed by atoms with Gasteiger partial charge in [-0.1, -0.05) is 0 Å². The normalized spacial score (nSPS) is 29.6. The third-order valence-corrected chi connectivity index (χ3v) is 3.16. The van der Waals surface area contributed by atoms with Crippen LogP contribution in [-0.2, 0) is 4.74 Å². The molecule has 1 fully saturated rings. The maximum absolute atomic E-state index is 11.5. The monoisotopic (exact) mass is 310 g/mol. The summed E-state index contributed by atoms with van der Waals surface area (Å²) in [5.41, 5.74) is -0.0608. The zero-order valence-corrected chi connectivity index (χ0v) is 12.6. The van der Waals surface area contributed by atoms with Crippen LogP contribution in [0.3, 0.4) is 0 Å². The summed E-state index contributed by atoms with van der Waals surface area (Å²) >= 11 is 0. The van der Waals surface area contributed by atoms with Gasteiger partial charge in [-0.3, -0.25) is 9.36 Å². The number of nitrogens with zero attached hydrogens (tertiary/aromatic N) is 3. The van der Waals surface area contributed by atoms with Gasteiger partial charge in [-0.25, -0.2) is 9.97 Å². The predicted molar refractivity (Wildman–Crippen MR) is 69.1 cm³/mol. The summed E-state index contributed by atoms with van der Waals surface area (Å²) in [4.78, 5) is 21.8. The average Bonchev–Trinajstić information content (AvgIpc) is 2.94. The maximum atomic E-state index is 11.5. The topological polar surface area (TPSA) is 133 Å². The molecule has 1 aliphatic rings. The first-order valence-electron chi connectivity index (χ1n) is 5.66. The quantitative estimate of drug-likeness (QED) is 0.453. The van der Waals surface area contributed by atoms with Gasteiger partial charge in [0.25, 0.3) is 5.56 Å². The van der Waals surface area contributed by atoms with Crippen molar-refractivity contribution in [3.05, 3.63) is 23.0 Å². The molecule has 0 aliphatic carbocycles. The second kappa shape index (κ2) is 6.06. The van der Waals surface area contributed by atoms with Gasteiger partial charge < -0.3 is 27.9 Å². The second-order valence-electron chi connectivity index (χ2n) is 4.28. The molecule has 0 spiro atoms. The first kappa shape index (κ1) is 15.8. The van der Waals surface area contributed by atoms with Crippen molar-refractivity contribution in [2.75, 3.05) is 6.61 Å². The van der Waals surface area contributed by atoms with Crippen LogP contribution in [0.2, 0.25) is 0 Å². The summed E-state index contributed by atoms with van der Waals surface area (Å²) in [6, 6.07) is 0. The van der Waals surface area contributed by atoms with E-state index in [-0.39, 0.29) is 51.8 Å². The van der Waals surface area contributed by atoms with Crippen molar-refractivity contribution < 1.29 is 22.9 Å². The fourth-order valence-corrected chi connectivity index (χ4v) is 2.16. The molecule has 10 heteroatoms. The first-order chi connectivity index (χ1) is 9.13. The fraction of sp³-hybridized carbons (Fsp3) is 0.500. The largest absolute Gasteiger partial charge is 2.00 e. The van der Waals surface area contributed by atoms with Gasteiger partial charge in [0.15, 0.2) is 17.4 Å². The van der Waals surface area contributed by atoms with Crippen LogP contribution in [0.5, 0.6) is 0 Å². The molecule has 106 valence electrons. The number of imidazole rings is 1. The molecule has 0 saturated carbocycles. The number of hydrogen-bond donors (Lipinski definition) is 4. The molecule has 2 aromatic heterocycles. The molecule has 3 rings (SSSR count). The van der Waals surface area contributed by atoms with Crippen LogP contribution in [0, 0.1) is 0 Å². The molecule has 0 unspecified atom stereocenters. The average molecular weight is 310 g/mol. The van der Waals surface area contributed by atoms with Crippen LogP contribution in [-0.4, -0.2) is 97.5 Å². The third kappa shape index (κ3) is 2.39. The van der Waals surface area contributed by atoms with E-state index in [0.717, 1.165) is 0 Å². The minimum atomic E-state index is -1.24. The van der Waals surface area contributed by atoms with Gasteiger partial charge in [0, 0.05) is 0 Å². The Labute approximate surface area is 145 Å². The van der Waals surface area contributed by atoms with E-state index in [1.807, 2.05) is 0 Å².